The zero-order valence-corrected chi connectivity index (χ0v) is 26.5. The predicted molar refractivity (Wildman–Crippen MR) is 177 cm³/mol. The van der Waals surface area contributed by atoms with Crippen LogP contribution in [-0.4, -0.2) is 26.2 Å². The molecule has 4 aromatic carbocycles. The fraction of sp³-hybridized carbons (Fsp3) is 0.350. The average molecular weight is 587 g/mol. The van der Waals surface area contributed by atoms with Gasteiger partial charge in [0.2, 0.25) is 0 Å². The summed E-state index contributed by atoms with van der Waals surface area (Å²) in [5.74, 6) is -1.05. The summed E-state index contributed by atoms with van der Waals surface area (Å²) in [6.45, 7) is 4.55. The van der Waals surface area contributed by atoms with Crippen LogP contribution in [0.15, 0.2) is 60.7 Å². The first kappa shape index (κ1) is 29.9. The normalized spacial score (nSPS) is 13.5. The van der Waals surface area contributed by atoms with Gasteiger partial charge in [0, 0.05) is 11.1 Å². The van der Waals surface area contributed by atoms with Gasteiger partial charge in [-0.25, -0.2) is 9.59 Å². The third kappa shape index (κ3) is 5.04. The highest BCUT2D eigenvalue weighted by molar-refractivity contribution is 6.13. The van der Waals surface area contributed by atoms with Crippen molar-refractivity contribution in [2.45, 2.75) is 78.1 Å². The summed E-state index contributed by atoms with van der Waals surface area (Å²) in [6.07, 6.45) is 10.5. The second-order valence-corrected chi connectivity index (χ2v) is 12.1. The van der Waals surface area contributed by atoms with Crippen LogP contribution in [0, 0.1) is 0 Å². The number of benzene rings is 4. The Morgan fingerprint density at radius 1 is 0.568 bits per heavy atom. The van der Waals surface area contributed by atoms with E-state index in [1.807, 2.05) is 60.7 Å². The van der Waals surface area contributed by atoms with Crippen LogP contribution in [0.2, 0.25) is 0 Å². The molecule has 0 heterocycles. The van der Waals surface area contributed by atoms with Crippen molar-refractivity contribution in [3.8, 4) is 22.3 Å². The van der Waals surface area contributed by atoms with E-state index in [2.05, 4.69) is 13.8 Å². The van der Waals surface area contributed by atoms with E-state index in [1.165, 1.54) is 49.3 Å². The number of hydrogen-bond donors (Lipinski definition) is 0. The quantitative estimate of drug-likeness (QED) is 0.170. The topological polar surface area (TPSA) is 52.6 Å². The SMILES string of the molecule is CCCc1c2c(c(CCC)c3c1Cc1c(c(-c4ccccc4)c(C(=O)OC)c(C(=O)OC)c1-c1ccccc1)C3)CCCC2. The molecule has 2 aliphatic rings. The summed E-state index contributed by atoms with van der Waals surface area (Å²) in [6, 6.07) is 20.0. The second-order valence-electron chi connectivity index (χ2n) is 12.1. The lowest BCUT2D eigenvalue weighted by Gasteiger charge is -2.35. The van der Waals surface area contributed by atoms with Gasteiger partial charge in [-0.3, -0.25) is 0 Å². The third-order valence-electron chi connectivity index (χ3n) is 9.62. The van der Waals surface area contributed by atoms with E-state index in [0.717, 1.165) is 84.7 Å². The van der Waals surface area contributed by atoms with Crippen molar-refractivity contribution < 1.29 is 19.1 Å². The van der Waals surface area contributed by atoms with E-state index in [0.29, 0.717) is 0 Å². The molecule has 0 atom stereocenters. The molecule has 4 aromatic rings. The predicted octanol–water partition coefficient (Wildman–Crippen LogP) is 8.87. The van der Waals surface area contributed by atoms with Crippen LogP contribution >= 0.6 is 0 Å². The number of methoxy groups -OCH3 is 2. The number of ether oxygens (including phenoxy) is 2. The smallest absolute Gasteiger partial charge is 0.339 e. The van der Waals surface area contributed by atoms with Gasteiger partial charge in [0.1, 0.15) is 0 Å². The molecule has 0 N–H and O–H groups in total. The maximum atomic E-state index is 13.8. The Morgan fingerprint density at radius 2 is 0.955 bits per heavy atom. The molecule has 0 amide bonds. The largest absolute Gasteiger partial charge is 0.465 e. The fourth-order valence-corrected chi connectivity index (χ4v) is 7.89. The molecule has 4 nitrogen and oxygen atoms in total. The maximum Gasteiger partial charge on any atom is 0.339 e. The van der Waals surface area contributed by atoms with E-state index >= 15 is 0 Å². The van der Waals surface area contributed by atoms with Gasteiger partial charge in [0.25, 0.3) is 0 Å². The van der Waals surface area contributed by atoms with Crippen LogP contribution < -0.4 is 0 Å². The first-order chi connectivity index (χ1) is 21.5. The number of rotatable bonds is 8. The minimum absolute atomic E-state index is 0.287. The zero-order chi connectivity index (χ0) is 30.8. The summed E-state index contributed by atoms with van der Waals surface area (Å²) >= 11 is 0. The van der Waals surface area contributed by atoms with Gasteiger partial charge in [0.05, 0.1) is 25.3 Å². The van der Waals surface area contributed by atoms with Gasteiger partial charge in [-0.15, -0.1) is 0 Å². The molecule has 0 saturated heterocycles. The summed E-state index contributed by atoms with van der Waals surface area (Å²) in [5, 5.41) is 0. The molecular weight excluding hydrogens is 544 g/mol. The van der Waals surface area contributed by atoms with Crippen LogP contribution in [0.3, 0.4) is 0 Å². The minimum Gasteiger partial charge on any atom is -0.465 e. The summed E-state index contributed by atoms with van der Waals surface area (Å²) in [5.41, 5.74) is 15.3. The molecule has 0 saturated carbocycles. The van der Waals surface area contributed by atoms with Gasteiger partial charge >= 0.3 is 11.9 Å². The highest BCUT2D eigenvalue weighted by Crippen LogP contribution is 2.48. The van der Waals surface area contributed by atoms with E-state index in [-0.39, 0.29) is 11.1 Å². The molecule has 0 fully saturated rings. The highest BCUT2D eigenvalue weighted by atomic mass is 16.5. The number of esters is 2. The molecule has 44 heavy (non-hydrogen) atoms. The minimum atomic E-state index is -0.527. The number of carbonyl (C=O) groups excluding carboxylic acids is 2. The lowest BCUT2D eigenvalue weighted by molar-refractivity contribution is 0.0556. The summed E-state index contributed by atoms with van der Waals surface area (Å²) < 4.78 is 10.9. The van der Waals surface area contributed by atoms with Crippen molar-refractivity contribution in [3.05, 3.63) is 116 Å². The van der Waals surface area contributed by atoms with E-state index in [4.69, 9.17) is 9.47 Å². The van der Waals surface area contributed by atoms with Gasteiger partial charge in [0.15, 0.2) is 0 Å². The Kier molecular flexibility index (Phi) is 8.70. The van der Waals surface area contributed by atoms with Crippen LogP contribution in [-0.2, 0) is 48.0 Å². The van der Waals surface area contributed by atoms with Crippen molar-refractivity contribution in [2.24, 2.45) is 0 Å². The molecular formula is C40H42O4. The number of hydrogen-bond acceptors (Lipinski definition) is 4. The second kappa shape index (κ2) is 12.8. The molecule has 2 aliphatic carbocycles. The maximum absolute atomic E-state index is 13.8. The van der Waals surface area contributed by atoms with E-state index in [9.17, 15) is 9.59 Å². The Labute approximate surface area is 261 Å². The molecule has 6 rings (SSSR count). The van der Waals surface area contributed by atoms with E-state index < -0.39 is 11.9 Å². The first-order valence-corrected chi connectivity index (χ1v) is 16.2. The Morgan fingerprint density at radius 3 is 1.30 bits per heavy atom. The van der Waals surface area contributed by atoms with Crippen molar-refractivity contribution in [2.75, 3.05) is 14.2 Å². The number of carbonyl (C=O) groups is 2. The molecule has 0 spiro atoms. The van der Waals surface area contributed by atoms with Crippen LogP contribution in [0.25, 0.3) is 22.3 Å². The summed E-state index contributed by atoms with van der Waals surface area (Å²) in [4.78, 5) is 27.7. The molecule has 4 heteroatoms. The lowest BCUT2D eigenvalue weighted by atomic mass is 9.69. The average Bonchev–Trinajstić information content (AvgIpc) is 3.08. The Balaban J connectivity index is 1.78. The zero-order valence-electron chi connectivity index (χ0n) is 26.5. The van der Waals surface area contributed by atoms with Gasteiger partial charge < -0.3 is 9.47 Å². The van der Waals surface area contributed by atoms with Crippen molar-refractivity contribution in [3.63, 3.8) is 0 Å². The lowest BCUT2D eigenvalue weighted by Crippen LogP contribution is -2.24. The Bertz CT molecular complexity index is 1590. The monoisotopic (exact) mass is 586 g/mol. The molecule has 0 unspecified atom stereocenters. The summed E-state index contributed by atoms with van der Waals surface area (Å²) in [7, 11) is 2.77. The Hall–Kier alpha value is -4.18. The van der Waals surface area contributed by atoms with Crippen LogP contribution in [0.1, 0.15) is 105 Å². The molecule has 0 bridgehead atoms. The van der Waals surface area contributed by atoms with Gasteiger partial charge in [-0.05, 0) is 107 Å². The van der Waals surface area contributed by atoms with Crippen molar-refractivity contribution in [1.29, 1.82) is 0 Å². The molecule has 226 valence electrons. The third-order valence-corrected chi connectivity index (χ3v) is 9.62. The fourth-order valence-electron chi connectivity index (χ4n) is 7.89. The van der Waals surface area contributed by atoms with Crippen LogP contribution in [0.4, 0.5) is 0 Å². The van der Waals surface area contributed by atoms with Crippen molar-refractivity contribution >= 4 is 11.9 Å². The molecule has 0 aliphatic heterocycles. The standard InChI is InChI=1S/C40H42O4/c1-5-15-27-29-21-13-14-22-30(29)28(16-6-2)32-24-34-33(23-31(27)32)35(25-17-9-7-10-18-25)37(39(41)43-3)38(40(42)44-4)36(34)26-19-11-8-12-20-26/h7-12,17-20H,5-6,13-16,21-24H2,1-4H3. The molecule has 0 radical (unpaired) electrons. The highest BCUT2D eigenvalue weighted by Gasteiger charge is 2.37. The van der Waals surface area contributed by atoms with E-state index in [1.54, 1.807) is 11.1 Å². The molecule has 0 aromatic heterocycles. The van der Waals surface area contributed by atoms with Crippen LogP contribution in [0.5, 0.6) is 0 Å². The van der Waals surface area contributed by atoms with Gasteiger partial charge in [-0.2, -0.15) is 0 Å². The number of fused-ring (bicyclic) bond motifs is 3. The van der Waals surface area contributed by atoms with Crippen molar-refractivity contribution in [1.82, 2.24) is 0 Å². The first-order valence-electron chi connectivity index (χ1n) is 16.2. The van der Waals surface area contributed by atoms with Gasteiger partial charge in [-0.1, -0.05) is 87.4 Å².